The fourth-order valence-electron chi connectivity index (χ4n) is 2.63. The van der Waals surface area contributed by atoms with Crippen molar-refractivity contribution in [2.45, 2.75) is 18.7 Å². The van der Waals surface area contributed by atoms with Crippen molar-refractivity contribution >= 4 is 35.1 Å². The van der Waals surface area contributed by atoms with Gasteiger partial charge in [0, 0.05) is 28.6 Å². The van der Waals surface area contributed by atoms with Crippen LogP contribution < -0.4 is 5.32 Å². The predicted molar refractivity (Wildman–Crippen MR) is 98.2 cm³/mol. The molecule has 0 radical (unpaired) electrons. The molecule has 1 aliphatic heterocycles. The number of carbonyl (C=O) groups is 1. The van der Waals surface area contributed by atoms with E-state index in [4.69, 9.17) is 11.6 Å². The van der Waals surface area contributed by atoms with Crippen molar-refractivity contribution in [1.29, 1.82) is 0 Å². The van der Waals surface area contributed by atoms with Crippen LogP contribution in [0.2, 0.25) is 5.02 Å². The minimum atomic E-state index is -0.0795. The van der Waals surface area contributed by atoms with E-state index in [-0.39, 0.29) is 11.4 Å². The third-order valence-corrected chi connectivity index (χ3v) is 5.52. The van der Waals surface area contributed by atoms with E-state index in [1.54, 1.807) is 11.8 Å². The lowest BCUT2D eigenvalue weighted by molar-refractivity contribution is 0.214. The fraction of sp³-hybridized carbons (Fsp3) is 0.278. The molecule has 3 nitrogen and oxygen atoms in total. The molecule has 5 heteroatoms. The molecule has 1 heterocycles. The SMILES string of the molecule is CCc1ccc(NC(=O)N2CCSC2c2ccccc2Cl)cc1. The lowest BCUT2D eigenvalue weighted by Crippen LogP contribution is -2.34. The second-order valence-corrected chi connectivity index (χ2v) is 7.01. The zero-order valence-corrected chi connectivity index (χ0v) is 14.5. The van der Waals surface area contributed by atoms with Gasteiger partial charge in [-0.05, 0) is 30.2 Å². The molecule has 1 atom stereocenters. The molecule has 0 bridgehead atoms. The van der Waals surface area contributed by atoms with Gasteiger partial charge < -0.3 is 10.2 Å². The Morgan fingerprint density at radius 1 is 1.26 bits per heavy atom. The first-order chi connectivity index (χ1) is 11.2. The van der Waals surface area contributed by atoms with Gasteiger partial charge >= 0.3 is 6.03 Å². The molecule has 0 spiro atoms. The second-order valence-electron chi connectivity index (χ2n) is 5.42. The molecule has 1 saturated heterocycles. The number of hydrogen-bond acceptors (Lipinski definition) is 2. The van der Waals surface area contributed by atoms with Gasteiger partial charge in [-0.2, -0.15) is 0 Å². The number of nitrogens with zero attached hydrogens (tertiary/aromatic N) is 1. The number of halogens is 1. The van der Waals surface area contributed by atoms with E-state index in [0.717, 1.165) is 30.0 Å². The molecule has 0 aliphatic carbocycles. The Kier molecular flexibility index (Phi) is 5.13. The first kappa shape index (κ1) is 16.2. The van der Waals surface area contributed by atoms with Gasteiger partial charge in [-0.15, -0.1) is 11.8 Å². The monoisotopic (exact) mass is 346 g/mol. The normalized spacial score (nSPS) is 17.3. The van der Waals surface area contributed by atoms with Crippen molar-refractivity contribution in [3.05, 3.63) is 64.7 Å². The maximum absolute atomic E-state index is 12.6. The van der Waals surface area contributed by atoms with Gasteiger partial charge in [0.2, 0.25) is 0 Å². The van der Waals surface area contributed by atoms with Gasteiger partial charge in [0.25, 0.3) is 0 Å². The molecular formula is C18H19ClN2OS. The van der Waals surface area contributed by atoms with E-state index < -0.39 is 0 Å². The van der Waals surface area contributed by atoms with Crippen LogP contribution in [-0.2, 0) is 6.42 Å². The molecule has 0 saturated carbocycles. The van der Waals surface area contributed by atoms with Gasteiger partial charge in [-0.25, -0.2) is 4.79 Å². The van der Waals surface area contributed by atoms with Crippen molar-refractivity contribution in [2.75, 3.05) is 17.6 Å². The highest BCUT2D eigenvalue weighted by Gasteiger charge is 2.31. The summed E-state index contributed by atoms with van der Waals surface area (Å²) in [6.07, 6.45) is 0.992. The number of thioether (sulfide) groups is 1. The molecule has 0 aromatic heterocycles. The minimum absolute atomic E-state index is 0.0291. The zero-order chi connectivity index (χ0) is 16.2. The Balaban J connectivity index is 1.74. The summed E-state index contributed by atoms with van der Waals surface area (Å²) < 4.78 is 0. The van der Waals surface area contributed by atoms with Crippen LogP contribution in [0.5, 0.6) is 0 Å². The van der Waals surface area contributed by atoms with Gasteiger partial charge in [0.1, 0.15) is 5.37 Å². The number of aryl methyl sites for hydroxylation is 1. The third kappa shape index (κ3) is 3.65. The molecule has 2 aromatic rings. The Morgan fingerprint density at radius 2 is 2.00 bits per heavy atom. The van der Waals surface area contributed by atoms with Crippen molar-refractivity contribution in [1.82, 2.24) is 4.90 Å². The standard InChI is InChI=1S/C18H19ClN2OS/c1-2-13-7-9-14(10-8-13)20-18(22)21-11-12-23-17(21)15-5-3-4-6-16(15)19/h3-10,17H,2,11-12H2,1H3,(H,20,22). The van der Waals surface area contributed by atoms with Crippen LogP contribution in [0.15, 0.2) is 48.5 Å². The smallest absolute Gasteiger partial charge is 0.308 e. The van der Waals surface area contributed by atoms with Crippen molar-refractivity contribution in [2.24, 2.45) is 0 Å². The summed E-state index contributed by atoms with van der Waals surface area (Å²) in [5.74, 6) is 0.915. The molecule has 1 unspecified atom stereocenters. The zero-order valence-electron chi connectivity index (χ0n) is 13.0. The van der Waals surface area contributed by atoms with Crippen LogP contribution in [0.1, 0.15) is 23.4 Å². The van der Waals surface area contributed by atoms with E-state index >= 15 is 0 Å². The maximum Gasteiger partial charge on any atom is 0.323 e. The summed E-state index contributed by atoms with van der Waals surface area (Å²) in [5, 5.41) is 3.66. The number of hydrogen-bond donors (Lipinski definition) is 1. The largest absolute Gasteiger partial charge is 0.323 e. The number of benzene rings is 2. The lowest BCUT2D eigenvalue weighted by atomic mass is 10.1. The average molecular weight is 347 g/mol. The van der Waals surface area contributed by atoms with Gasteiger partial charge in [-0.1, -0.05) is 48.9 Å². The maximum atomic E-state index is 12.6. The number of amides is 2. The van der Waals surface area contributed by atoms with Gasteiger partial charge in [0.05, 0.1) is 0 Å². The molecule has 1 fully saturated rings. The van der Waals surface area contributed by atoms with Crippen molar-refractivity contribution in [3.8, 4) is 0 Å². The highest BCUT2D eigenvalue weighted by Crippen LogP contribution is 2.40. The number of carbonyl (C=O) groups excluding carboxylic acids is 1. The molecular weight excluding hydrogens is 328 g/mol. The molecule has 2 amide bonds. The molecule has 2 aromatic carbocycles. The summed E-state index contributed by atoms with van der Waals surface area (Å²) in [5.41, 5.74) is 3.07. The quantitative estimate of drug-likeness (QED) is 0.830. The van der Waals surface area contributed by atoms with E-state index in [1.165, 1.54) is 5.56 Å². The summed E-state index contributed by atoms with van der Waals surface area (Å²) in [6, 6.07) is 15.6. The highest BCUT2D eigenvalue weighted by molar-refractivity contribution is 7.99. The summed E-state index contributed by atoms with van der Waals surface area (Å²) in [6.45, 7) is 2.84. The number of urea groups is 1. The molecule has 3 rings (SSSR count). The Morgan fingerprint density at radius 3 is 2.70 bits per heavy atom. The molecule has 120 valence electrons. The Hall–Kier alpha value is -1.65. The molecule has 1 N–H and O–H groups in total. The Labute approximate surface area is 146 Å². The summed E-state index contributed by atoms with van der Waals surface area (Å²) in [4.78, 5) is 14.5. The number of rotatable bonds is 3. The third-order valence-electron chi connectivity index (χ3n) is 3.94. The van der Waals surface area contributed by atoms with Crippen LogP contribution in [0.25, 0.3) is 0 Å². The molecule has 1 aliphatic rings. The summed E-state index contributed by atoms with van der Waals surface area (Å²) >= 11 is 8.04. The van der Waals surface area contributed by atoms with Crippen LogP contribution in [0.4, 0.5) is 10.5 Å². The topological polar surface area (TPSA) is 32.3 Å². The van der Waals surface area contributed by atoms with Gasteiger partial charge in [0.15, 0.2) is 0 Å². The van der Waals surface area contributed by atoms with Crippen LogP contribution in [0, 0.1) is 0 Å². The Bertz CT molecular complexity index is 690. The number of anilines is 1. The van der Waals surface area contributed by atoms with E-state index in [9.17, 15) is 4.79 Å². The van der Waals surface area contributed by atoms with Crippen molar-refractivity contribution < 1.29 is 4.79 Å². The lowest BCUT2D eigenvalue weighted by Gasteiger charge is -2.25. The average Bonchev–Trinajstić information content (AvgIpc) is 3.05. The van der Waals surface area contributed by atoms with E-state index in [0.29, 0.717) is 5.02 Å². The highest BCUT2D eigenvalue weighted by atomic mass is 35.5. The number of nitrogens with one attached hydrogen (secondary N) is 1. The minimum Gasteiger partial charge on any atom is -0.308 e. The second kappa shape index (κ2) is 7.28. The van der Waals surface area contributed by atoms with Crippen LogP contribution in [-0.4, -0.2) is 23.2 Å². The predicted octanol–water partition coefficient (Wildman–Crippen LogP) is 5.18. The van der Waals surface area contributed by atoms with Crippen LogP contribution >= 0.6 is 23.4 Å². The van der Waals surface area contributed by atoms with E-state index in [1.807, 2.05) is 53.4 Å². The summed E-state index contributed by atoms with van der Waals surface area (Å²) in [7, 11) is 0. The first-order valence-corrected chi connectivity index (χ1v) is 9.14. The van der Waals surface area contributed by atoms with Crippen molar-refractivity contribution in [3.63, 3.8) is 0 Å². The molecule has 23 heavy (non-hydrogen) atoms. The fourth-order valence-corrected chi connectivity index (χ4v) is 4.23. The first-order valence-electron chi connectivity index (χ1n) is 7.71. The van der Waals surface area contributed by atoms with E-state index in [2.05, 4.69) is 12.2 Å². The van der Waals surface area contributed by atoms with Gasteiger partial charge in [-0.3, -0.25) is 0 Å². The van der Waals surface area contributed by atoms with Crippen LogP contribution in [0.3, 0.4) is 0 Å².